The fraction of sp³-hybridized carbons (Fsp3) is 0.278. The van der Waals surface area contributed by atoms with Crippen LogP contribution in [0.1, 0.15) is 11.1 Å². The molecule has 2 aromatic rings. The molecule has 0 bridgehead atoms. The highest BCUT2D eigenvalue weighted by molar-refractivity contribution is 6.53. The van der Waals surface area contributed by atoms with Gasteiger partial charge in [-0.15, -0.1) is 0 Å². The highest BCUT2D eigenvalue weighted by Gasteiger charge is 2.21. The number of hydrogen-bond acceptors (Lipinski definition) is 3. The first-order chi connectivity index (χ1) is 11.5. The summed E-state index contributed by atoms with van der Waals surface area (Å²) in [5, 5.41) is 0. The number of nitrogens with zero attached hydrogens (tertiary/aromatic N) is 1. The molecule has 0 N–H and O–H groups in total. The smallest absolute Gasteiger partial charge is 0.256 e. The van der Waals surface area contributed by atoms with Crippen LogP contribution in [0.25, 0.3) is 0 Å². The van der Waals surface area contributed by atoms with Gasteiger partial charge < -0.3 is 14.4 Å². The summed E-state index contributed by atoms with van der Waals surface area (Å²) < 4.78 is 10.3. The van der Waals surface area contributed by atoms with Crippen molar-refractivity contribution in [2.24, 2.45) is 0 Å². The molecule has 0 atom stereocenters. The maximum atomic E-state index is 12.3. The average molecular weight is 368 g/mol. The summed E-state index contributed by atoms with van der Waals surface area (Å²) in [7, 11) is 3.22. The summed E-state index contributed by atoms with van der Waals surface area (Å²) in [6.07, 6.45) is 0. The Kier molecular flexibility index (Phi) is 6.76. The molecule has 0 fully saturated rings. The van der Waals surface area contributed by atoms with Crippen LogP contribution in [-0.4, -0.2) is 29.9 Å². The normalized spacial score (nSPS) is 10.5. The Balaban J connectivity index is 2.15. The number of halogens is 2. The molecule has 128 valence electrons. The van der Waals surface area contributed by atoms with Crippen LogP contribution in [0.3, 0.4) is 0 Å². The molecule has 2 aromatic carbocycles. The SMILES string of the molecule is COc1ccc(CN(Cc2ccc(OC)cc2)C(=O)C(Cl)Cl)cc1. The predicted molar refractivity (Wildman–Crippen MR) is 95.7 cm³/mol. The predicted octanol–water partition coefficient (Wildman–Crippen LogP) is 4.04. The third-order valence-corrected chi connectivity index (χ3v) is 3.94. The lowest BCUT2D eigenvalue weighted by atomic mass is 10.1. The maximum Gasteiger partial charge on any atom is 0.256 e. The first-order valence-electron chi connectivity index (χ1n) is 7.36. The average Bonchev–Trinajstić information content (AvgIpc) is 2.61. The number of carbonyl (C=O) groups is 1. The number of benzene rings is 2. The van der Waals surface area contributed by atoms with E-state index in [0.29, 0.717) is 13.1 Å². The van der Waals surface area contributed by atoms with Crippen molar-refractivity contribution in [3.8, 4) is 11.5 Å². The molecule has 0 unspecified atom stereocenters. The molecule has 0 aliphatic rings. The molecule has 0 heterocycles. The molecule has 24 heavy (non-hydrogen) atoms. The zero-order valence-corrected chi connectivity index (χ0v) is 15.1. The summed E-state index contributed by atoms with van der Waals surface area (Å²) in [5.74, 6) is 1.20. The third-order valence-electron chi connectivity index (χ3n) is 3.56. The number of ether oxygens (including phenoxy) is 2. The van der Waals surface area contributed by atoms with Crippen LogP contribution >= 0.6 is 23.2 Å². The van der Waals surface area contributed by atoms with Crippen molar-refractivity contribution in [1.29, 1.82) is 0 Å². The third kappa shape index (κ3) is 5.05. The molecule has 1 amide bonds. The Morgan fingerprint density at radius 3 is 1.54 bits per heavy atom. The zero-order valence-electron chi connectivity index (χ0n) is 13.5. The molecule has 0 radical (unpaired) electrons. The summed E-state index contributed by atoms with van der Waals surface area (Å²) in [6, 6.07) is 15.0. The minimum absolute atomic E-state index is 0.329. The van der Waals surface area contributed by atoms with Gasteiger partial charge in [-0.1, -0.05) is 47.5 Å². The van der Waals surface area contributed by atoms with Gasteiger partial charge in [-0.05, 0) is 35.4 Å². The van der Waals surface area contributed by atoms with E-state index in [2.05, 4.69) is 0 Å². The van der Waals surface area contributed by atoms with E-state index < -0.39 is 4.84 Å². The van der Waals surface area contributed by atoms with Crippen LogP contribution in [0.2, 0.25) is 0 Å². The summed E-state index contributed by atoms with van der Waals surface area (Å²) >= 11 is 11.6. The van der Waals surface area contributed by atoms with Gasteiger partial charge in [-0.2, -0.15) is 0 Å². The first-order valence-corrected chi connectivity index (χ1v) is 8.23. The quantitative estimate of drug-likeness (QED) is 0.693. The lowest BCUT2D eigenvalue weighted by molar-refractivity contribution is -0.130. The molecule has 4 nitrogen and oxygen atoms in total. The Morgan fingerprint density at radius 1 is 0.875 bits per heavy atom. The van der Waals surface area contributed by atoms with Crippen molar-refractivity contribution in [2.75, 3.05) is 14.2 Å². The van der Waals surface area contributed by atoms with E-state index in [1.54, 1.807) is 19.1 Å². The van der Waals surface area contributed by atoms with Crippen molar-refractivity contribution in [3.63, 3.8) is 0 Å². The Labute approximate surface area is 151 Å². The number of hydrogen-bond donors (Lipinski definition) is 0. The second-order valence-corrected chi connectivity index (χ2v) is 6.29. The van der Waals surface area contributed by atoms with Gasteiger partial charge in [0.1, 0.15) is 11.5 Å². The summed E-state index contributed by atoms with van der Waals surface area (Å²) in [4.78, 5) is 12.8. The van der Waals surface area contributed by atoms with Gasteiger partial charge in [0.05, 0.1) is 14.2 Å². The Morgan fingerprint density at radius 2 is 1.25 bits per heavy atom. The number of rotatable bonds is 7. The highest BCUT2D eigenvalue weighted by atomic mass is 35.5. The molecule has 2 rings (SSSR count). The first kappa shape index (κ1) is 18.4. The van der Waals surface area contributed by atoms with Gasteiger partial charge in [-0.25, -0.2) is 0 Å². The Bertz CT molecular complexity index is 607. The van der Waals surface area contributed by atoms with E-state index in [0.717, 1.165) is 22.6 Å². The topological polar surface area (TPSA) is 38.8 Å². The number of methoxy groups -OCH3 is 2. The minimum Gasteiger partial charge on any atom is -0.497 e. The molecule has 6 heteroatoms. The van der Waals surface area contributed by atoms with E-state index in [1.807, 2.05) is 48.5 Å². The molecule has 0 saturated heterocycles. The molecule has 0 aliphatic heterocycles. The fourth-order valence-electron chi connectivity index (χ4n) is 2.25. The van der Waals surface area contributed by atoms with Crippen LogP contribution in [0.5, 0.6) is 11.5 Å². The van der Waals surface area contributed by atoms with Crippen molar-refractivity contribution in [2.45, 2.75) is 17.9 Å². The van der Waals surface area contributed by atoms with Gasteiger partial charge >= 0.3 is 0 Å². The zero-order chi connectivity index (χ0) is 17.5. The molecule has 0 spiro atoms. The van der Waals surface area contributed by atoms with Crippen LogP contribution in [-0.2, 0) is 17.9 Å². The monoisotopic (exact) mass is 367 g/mol. The van der Waals surface area contributed by atoms with Crippen LogP contribution in [0, 0.1) is 0 Å². The highest BCUT2D eigenvalue weighted by Crippen LogP contribution is 2.19. The van der Waals surface area contributed by atoms with Gasteiger partial charge in [0.15, 0.2) is 4.84 Å². The molecule has 0 aliphatic carbocycles. The number of alkyl halides is 2. The maximum absolute atomic E-state index is 12.3. The lowest BCUT2D eigenvalue weighted by Gasteiger charge is -2.24. The van der Waals surface area contributed by atoms with E-state index in [1.165, 1.54) is 0 Å². The minimum atomic E-state index is -1.10. The van der Waals surface area contributed by atoms with Crippen LogP contribution in [0.15, 0.2) is 48.5 Å². The van der Waals surface area contributed by atoms with Crippen molar-refractivity contribution >= 4 is 29.1 Å². The van der Waals surface area contributed by atoms with Crippen molar-refractivity contribution in [3.05, 3.63) is 59.7 Å². The lowest BCUT2D eigenvalue weighted by Crippen LogP contribution is -2.33. The summed E-state index contributed by atoms with van der Waals surface area (Å²) in [6.45, 7) is 0.815. The fourth-order valence-corrected chi connectivity index (χ4v) is 2.53. The van der Waals surface area contributed by atoms with Crippen LogP contribution < -0.4 is 9.47 Å². The second-order valence-electron chi connectivity index (χ2n) is 5.19. The molecule has 0 aromatic heterocycles. The van der Waals surface area contributed by atoms with E-state index in [-0.39, 0.29) is 5.91 Å². The number of amides is 1. The van der Waals surface area contributed by atoms with Crippen molar-refractivity contribution < 1.29 is 14.3 Å². The standard InChI is InChI=1S/C18H19Cl2NO3/c1-23-15-7-3-13(4-8-15)11-21(18(22)17(19)20)12-14-5-9-16(24-2)10-6-14/h3-10,17H,11-12H2,1-2H3. The number of carbonyl (C=O) groups excluding carboxylic acids is 1. The van der Waals surface area contributed by atoms with E-state index in [9.17, 15) is 4.79 Å². The van der Waals surface area contributed by atoms with Gasteiger partial charge in [0, 0.05) is 13.1 Å². The van der Waals surface area contributed by atoms with E-state index in [4.69, 9.17) is 32.7 Å². The molecule has 0 saturated carbocycles. The van der Waals surface area contributed by atoms with Gasteiger partial charge in [-0.3, -0.25) is 4.79 Å². The molecular formula is C18H19Cl2NO3. The second kappa shape index (κ2) is 8.81. The molecular weight excluding hydrogens is 349 g/mol. The Hall–Kier alpha value is -1.91. The van der Waals surface area contributed by atoms with Gasteiger partial charge in [0.2, 0.25) is 0 Å². The largest absolute Gasteiger partial charge is 0.497 e. The van der Waals surface area contributed by atoms with Crippen molar-refractivity contribution in [1.82, 2.24) is 4.90 Å². The van der Waals surface area contributed by atoms with Crippen LogP contribution in [0.4, 0.5) is 0 Å². The van der Waals surface area contributed by atoms with E-state index >= 15 is 0 Å². The summed E-state index contributed by atoms with van der Waals surface area (Å²) in [5.41, 5.74) is 1.93. The van der Waals surface area contributed by atoms with Gasteiger partial charge in [0.25, 0.3) is 5.91 Å².